The number of hydrogen-bond acceptors (Lipinski definition) is 2. The lowest BCUT2D eigenvalue weighted by atomic mass is 10.1. The summed E-state index contributed by atoms with van der Waals surface area (Å²) in [6.07, 6.45) is 1.19. The zero-order valence-electron chi connectivity index (χ0n) is 8.43. The van der Waals surface area contributed by atoms with Crippen LogP contribution in [-0.4, -0.2) is 12.6 Å². The Balaban J connectivity index is 2.51. The molecule has 0 unspecified atom stereocenters. The molecule has 0 spiro atoms. The number of rotatable bonds is 4. The highest BCUT2D eigenvalue weighted by molar-refractivity contribution is 14.1. The third-order valence-electron chi connectivity index (χ3n) is 1.91. The largest absolute Gasteiger partial charge is 0.466 e. The number of esters is 1. The number of benzene rings is 1. The third kappa shape index (κ3) is 4.51. The Kier molecular flexibility index (Phi) is 5.60. The zero-order valence-corrected chi connectivity index (χ0v) is 12.2. The van der Waals surface area contributed by atoms with Crippen molar-refractivity contribution in [2.45, 2.75) is 19.8 Å². The van der Waals surface area contributed by atoms with E-state index in [2.05, 4.69) is 44.6 Å². The third-order valence-corrected chi connectivity index (χ3v) is 4.23. The van der Waals surface area contributed by atoms with Gasteiger partial charge in [0.25, 0.3) is 0 Å². The van der Waals surface area contributed by atoms with Crippen LogP contribution in [0.1, 0.15) is 18.9 Å². The van der Waals surface area contributed by atoms with Gasteiger partial charge in [-0.2, -0.15) is 0 Å². The van der Waals surface area contributed by atoms with Gasteiger partial charge >= 0.3 is 5.97 Å². The Bertz CT molecular complexity index is 352. The van der Waals surface area contributed by atoms with Gasteiger partial charge in [-0.25, -0.2) is 0 Å². The molecule has 0 bridgehead atoms. The molecule has 1 aromatic carbocycles. The fraction of sp³-hybridized carbons (Fsp3) is 0.364. The zero-order chi connectivity index (χ0) is 11.3. The lowest BCUT2D eigenvalue weighted by Crippen LogP contribution is -2.05. The van der Waals surface area contributed by atoms with Crippen molar-refractivity contribution in [2.75, 3.05) is 6.61 Å². The van der Waals surface area contributed by atoms with Crippen LogP contribution in [0.25, 0.3) is 0 Å². The van der Waals surface area contributed by atoms with E-state index in [1.54, 1.807) is 0 Å². The van der Waals surface area contributed by atoms with Crippen molar-refractivity contribution < 1.29 is 9.53 Å². The molecule has 15 heavy (non-hydrogen) atoms. The van der Waals surface area contributed by atoms with Gasteiger partial charge in [-0.1, -0.05) is 6.07 Å². The molecule has 0 aliphatic heterocycles. The minimum absolute atomic E-state index is 0.129. The van der Waals surface area contributed by atoms with Crippen LogP contribution in [0.4, 0.5) is 0 Å². The molecule has 1 rings (SSSR count). The molecule has 0 aromatic heterocycles. The first-order valence-electron chi connectivity index (χ1n) is 4.73. The van der Waals surface area contributed by atoms with Crippen LogP contribution in [0.2, 0.25) is 0 Å². The average Bonchev–Trinajstić information content (AvgIpc) is 2.20. The monoisotopic (exact) mass is 382 g/mol. The first-order chi connectivity index (χ1) is 7.13. The highest BCUT2D eigenvalue weighted by atomic mass is 127. The Morgan fingerprint density at radius 2 is 2.27 bits per heavy atom. The van der Waals surface area contributed by atoms with Crippen LogP contribution in [0.3, 0.4) is 0 Å². The first-order valence-corrected chi connectivity index (χ1v) is 6.60. The fourth-order valence-corrected chi connectivity index (χ4v) is 2.00. The Labute approximate surface area is 112 Å². The van der Waals surface area contributed by atoms with Crippen LogP contribution in [0.5, 0.6) is 0 Å². The van der Waals surface area contributed by atoms with E-state index in [4.69, 9.17) is 4.74 Å². The lowest BCUT2D eigenvalue weighted by molar-refractivity contribution is -0.143. The van der Waals surface area contributed by atoms with E-state index in [1.807, 2.05) is 19.1 Å². The summed E-state index contributed by atoms with van der Waals surface area (Å²) in [4.78, 5) is 11.1. The van der Waals surface area contributed by atoms with Gasteiger partial charge in [-0.15, -0.1) is 0 Å². The summed E-state index contributed by atoms with van der Waals surface area (Å²) in [5.41, 5.74) is 1.16. The molecule has 1 aromatic rings. The van der Waals surface area contributed by atoms with E-state index in [0.29, 0.717) is 13.0 Å². The predicted octanol–water partition coefficient (Wildman–Crippen LogP) is 3.55. The van der Waals surface area contributed by atoms with Gasteiger partial charge in [0.2, 0.25) is 0 Å². The minimum atomic E-state index is -0.129. The summed E-state index contributed by atoms with van der Waals surface area (Å²) in [5, 5.41) is 0. The molecule has 2 nitrogen and oxygen atoms in total. The Hall–Kier alpha value is -0.100. The molecular formula is C11H12BrIO2. The number of hydrogen-bond donors (Lipinski definition) is 0. The van der Waals surface area contributed by atoms with Crippen LogP contribution in [0.15, 0.2) is 22.7 Å². The molecule has 0 aliphatic rings. The number of carbonyl (C=O) groups excluding carboxylic acids is 1. The Morgan fingerprint density at radius 1 is 1.53 bits per heavy atom. The van der Waals surface area contributed by atoms with Crippen molar-refractivity contribution in [1.82, 2.24) is 0 Å². The van der Waals surface area contributed by atoms with Gasteiger partial charge in [-0.3, -0.25) is 4.79 Å². The van der Waals surface area contributed by atoms with Gasteiger partial charge in [0, 0.05) is 14.5 Å². The van der Waals surface area contributed by atoms with Crippen LogP contribution < -0.4 is 0 Å². The second-order valence-corrected chi connectivity index (χ2v) is 5.07. The van der Waals surface area contributed by atoms with Crippen molar-refractivity contribution in [1.29, 1.82) is 0 Å². The van der Waals surface area contributed by atoms with Crippen molar-refractivity contribution in [2.24, 2.45) is 0 Å². The lowest BCUT2D eigenvalue weighted by Gasteiger charge is -2.03. The van der Waals surface area contributed by atoms with Crippen molar-refractivity contribution >= 4 is 44.5 Å². The van der Waals surface area contributed by atoms with Gasteiger partial charge in [-0.05, 0) is 69.6 Å². The summed E-state index contributed by atoms with van der Waals surface area (Å²) in [7, 11) is 0. The molecule has 0 atom stereocenters. The molecule has 0 aliphatic carbocycles. The summed E-state index contributed by atoms with van der Waals surface area (Å²) in [6, 6.07) is 6.09. The van der Waals surface area contributed by atoms with Gasteiger partial charge in [0.15, 0.2) is 0 Å². The van der Waals surface area contributed by atoms with Crippen molar-refractivity contribution in [3.05, 3.63) is 31.8 Å². The highest BCUT2D eigenvalue weighted by Crippen LogP contribution is 2.20. The van der Waals surface area contributed by atoms with E-state index in [9.17, 15) is 4.79 Å². The van der Waals surface area contributed by atoms with E-state index in [1.165, 1.54) is 0 Å². The van der Waals surface area contributed by atoms with E-state index < -0.39 is 0 Å². The van der Waals surface area contributed by atoms with Gasteiger partial charge in [0.1, 0.15) is 0 Å². The second-order valence-electron chi connectivity index (χ2n) is 3.05. The summed E-state index contributed by atoms with van der Waals surface area (Å²) in [6.45, 7) is 2.27. The second kappa shape index (κ2) is 6.48. The highest BCUT2D eigenvalue weighted by Gasteiger charge is 2.04. The van der Waals surface area contributed by atoms with Crippen molar-refractivity contribution in [3.63, 3.8) is 0 Å². The topological polar surface area (TPSA) is 26.3 Å². The first kappa shape index (κ1) is 13.0. The van der Waals surface area contributed by atoms with Gasteiger partial charge in [0.05, 0.1) is 6.61 Å². The van der Waals surface area contributed by atoms with E-state index in [0.717, 1.165) is 20.0 Å². The molecular weight excluding hydrogens is 371 g/mol. The van der Waals surface area contributed by atoms with Crippen molar-refractivity contribution in [3.8, 4) is 0 Å². The normalized spacial score (nSPS) is 10.1. The molecule has 0 heterocycles. The number of halogens is 2. The quantitative estimate of drug-likeness (QED) is 0.588. The van der Waals surface area contributed by atoms with E-state index >= 15 is 0 Å². The SMILES string of the molecule is CCOC(=O)CCc1ccc(Br)c(I)c1. The van der Waals surface area contributed by atoms with Crippen LogP contribution in [0, 0.1) is 3.57 Å². The Morgan fingerprint density at radius 3 is 2.87 bits per heavy atom. The maximum Gasteiger partial charge on any atom is 0.306 e. The molecule has 0 amide bonds. The molecule has 0 saturated carbocycles. The maximum atomic E-state index is 11.1. The van der Waals surface area contributed by atoms with Crippen LogP contribution >= 0.6 is 38.5 Å². The smallest absolute Gasteiger partial charge is 0.306 e. The van der Waals surface area contributed by atoms with E-state index in [-0.39, 0.29) is 5.97 Å². The molecule has 0 fully saturated rings. The number of ether oxygens (including phenoxy) is 1. The molecule has 0 saturated heterocycles. The van der Waals surface area contributed by atoms with Gasteiger partial charge < -0.3 is 4.74 Å². The number of aryl methyl sites for hydroxylation is 1. The molecule has 0 N–H and O–H groups in total. The molecule has 4 heteroatoms. The summed E-state index contributed by atoms with van der Waals surface area (Å²) < 4.78 is 7.11. The molecule has 0 radical (unpaired) electrons. The maximum absolute atomic E-state index is 11.1. The summed E-state index contributed by atoms with van der Waals surface area (Å²) in [5.74, 6) is -0.129. The standard InChI is InChI=1S/C11H12BrIO2/c1-2-15-11(14)6-4-8-3-5-9(12)10(13)7-8/h3,5,7H,2,4,6H2,1H3. The van der Waals surface area contributed by atoms with Crippen LogP contribution in [-0.2, 0) is 16.0 Å². The minimum Gasteiger partial charge on any atom is -0.466 e. The number of carbonyl (C=O) groups is 1. The average molecular weight is 383 g/mol. The fourth-order valence-electron chi connectivity index (χ4n) is 1.17. The summed E-state index contributed by atoms with van der Waals surface area (Å²) >= 11 is 5.70. The predicted molar refractivity (Wildman–Crippen MR) is 71.8 cm³/mol. The molecule has 82 valence electrons.